The summed E-state index contributed by atoms with van der Waals surface area (Å²) in [6.45, 7) is 3.12. The number of nitrogens with one attached hydrogen (secondary N) is 1. The lowest BCUT2D eigenvalue weighted by Gasteiger charge is -2.33. The van der Waals surface area contributed by atoms with E-state index < -0.39 is 12.8 Å². The molecule has 0 saturated carbocycles. The molecule has 1 heterocycles. The number of hydrogen-bond acceptors (Lipinski definition) is 3. The third-order valence-corrected chi connectivity index (χ3v) is 5.70. The Labute approximate surface area is 191 Å². The maximum absolute atomic E-state index is 13.3. The second-order valence-electron chi connectivity index (χ2n) is 8.36. The van der Waals surface area contributed by atoms with Crippen LogP contribution in [0.5, 0.6) is 5.75 Å². The lowest BCUT2D eigenvalue weighted by Crippen LogP contribution is -2.43. The van der Waals surface area contributed by atoms with Gasteiger partial charge in [0.15, 0.2) is 0 Å². The quantitative estimate of drug-likeness (QED) is 0.538. The SMILES string of the molecule is CN1CCC(CN(Cc2ccc(F)cc2)C(=O)NCc2ccc(OC(F)C(F)F)cc2)CC1. The number of nitrogens with zero attached hydrogens (tertiary/aromatic N) is 2. The van der Waals surface area contributed by atoms with Gasteiger partial charge in [-0.15, -0.1) is 0 Å². The van der Waals surface area contributed by atoms with E-state index in [4.69, 9.17) is 0 Å². The number of benzene rings is 2. The molecule has 1 aliphatic rings. The fourth-order valence-corrected chi connectivity index (χ4v) is 3.74. The van der Waals surface area contributed by atoms with E-state index in [-0.39, 0.29) is 24.1 Å². The molecule has 9 heteroatoms. The first-order valence-corrected chi connectivity index (χ1v) is 10.9. The lowest BCUT2D eigenvalue weighted by molar-refractivity contribution is -0.0669. The number of rotatable bonds is 9. The zero-order chi connectivity index (χ0) is 23.8. The van der Waals surface area contributed by atoms with Crippen LogP contribution in [-0.2, 0) is 13.1 Å². The Morgan fingerprint density at radius 1 is 1.06 bits per heavy atom. The second kappa shape index (κ2) is 11.9. The molecule has 2 aromatic carbocycles. The van der Waals surface area contributed by atoms with Crippen LogP contribution < -0.4 is 10.1 Å². The maximum Gasteiger partial charge on any atom is 0.317 e. The van der Waals surface area contributed by atoms with Crippen molar-refractivity contribution in [2.24, 2.45) is 5.92 Å². The molecule has 0 bridgehead atoms. The van der Waals surface area contributed by atoms with Crippen LogP contribution in [0, 0.1) is 11.7 Å². The van der Waals surface area contributed by atoms with Crippen molar-refractivity contribution in [1.82, 2.24) is 15.1 Å². The Morgan fingerprint density at radius 3 is 2.27 bits per heavy atom. The minimum atomic E-state index is -3.22. The van der Waals surface area contributed by atoms with Crippen LogP contribution >= 0.6 is 0 Å². The summed E-state index contributed by atoms with van der Waals surface area (Å²) in [5.74, 6) is 0.0375. The summed E-state index contributed by atoms with van der Waals surface area (Å²) >= 11 is 0. The van der Waals surface area contributed by atoms with Gasteiger partial charge >= 0.3 is 12.5 Å². The summed E-state index contributed by atoms with van der Waals surface area (Å²) in [6.07, 6.45) is -3.91. The predicted molar refractivity (Wildman–Crippen MR) is 117 cm³/mol. The van der Waals surface area contributed by atoms with E-state index in [1.54, 1.807) is 29.2 Å². The van der Waals surface area contributed by atoms with E-state index in [0.29, 0.717) is 24.6 Å². The maximum atomic E-state index is 13.3. The van der Waals surface area contributed by atoms with Crippen molar-refractivity contribution in [3.05, 3.63) is 65.5 Å². The van der Waals surface area contributed by atoms with Gasteiger partial charge in [-0.1, -0.05) is 24.3 Å². The van der Waals surface area contributed by atoms with Crippen LogP contribution in [0.1, 0.15) is 24.0 Å². The van der Waals surface area contributed by atoms with E-state index >= 15 is 0 Å². The number of carbonyl (C=O) groups excluding carboxylic acids is 1. The Hall–Kier alpha value is -2.81. The molecule has 1 saturated heterocycles. The molecule has 33 heavy (non-hydrogen) atoms. The molecule has 0 radical (unpaired) electrons. The number of likely N-dealkylation sites (tertiary alicyclic amines) is 1. The van der Waals surface area contributed by atoms with Gasteiger partial charge in [-0.05, 0) is 74.3 Å². The number of alkyl halides is 3. The van der Waals surface area contributed by atoms with Crippen molar-refractivity contribution >= 4 is 6.03 Å². The Morgan fingerprint density at radius 2 is 1.67 bits per heavy atom. The zero-order valence-corrected chi connectivity index (χ0v) is 18.5. The first kappa shape index (κ1) is 24.8. The van der Waals surface area contributed by atoms with Crippen LogP contribution in [0.3, 0.4) is 0 Å². The molecule has 180 valence electrons. The summed E-state index contributed by atoms with van der Waals surface area (Å²) in [5, 5.41) is 2.88. The number of ether oxygens (including phenoxy) is 1. The van der Waals surface area contributed by atoms with Crippen LogP contribution in [0.4, 0.5) is 22.4 Å². The van der Waals surface area contributed by atoms with Crippen LogP contribution in [-0.4, -0.2) is 55.3 Å². The van der Waals surface area contributed by atoms with Gasteiger partial charge in [-0.3, -0.25) is 0 Å². The first-order valence-electron chi connectivity index (χ1n) is 10.9. The Balaban J connectivity index is 1.59. The number of hydrogen-bond donors (Lipinski definition) is 1. The molecule has 1 fully saturated rings. The molecular formula is C24H29F4N3O2. The Kier molecular flexibility index (Phi) is 8.94. The summed E-state index contributed by atoms with van der Waals surface area (Å²) in [7, 11) is 2.08. The molecule has 1 atom stereocenters. The summed E-state index contributed by atoms with van der Waals surface area (Å²) < 4.78 is 55.3. The lowest BCUT2D eigenvalue weighted by atomic mass is 9.96. The molecule has 0 aliphatic carbocycles. The van der Waals surface area contributed by atoms with Crippen molar-refractivity contribution in [2.75, 3.05) is 26.7 Å². The Bertz CT molecular complexity index is 872. The van der Waals surface area contributed by atoms with Crippen LogP contribution in [0.25, 0.3) is 0 Å². The van der Waals surface area contributed by atoms with E-state index in [2.05, 4.69) is 22.0 Å². The smallest absolute Gasteiger partial charge is 0.317 e. The van der Waals surface area contributed by atoms with Crippen LogP contribution in [0.2, 0.25) is 0 Å². The number of piperidine rings is 1. The van der Waals surface area contributed by atoms with Gasteiger partial charge in [0.05, 0.1) is 0 Å². The highest BCUT2D eigenvalue weighted by Crippen LogP contribution is 2.20. The predicted octanol–water partition coefficient (Wildman–Crippen LogP) is 4.82. The third-order valence-electron chi connectivity index (χ3n) is 5.70. The van der Waals surface area contributed by atoms with Gasteiger partial charge in [0.2, 0.25) is 0 Å². The number of carbonyl (C=O) groups is 1. The average molecular weight is 468 g/mol. The van der Waals surface area contributed by atoms with Crippen molar-refractivity contribution in [1.29, 1.82) is 0 Å². The fourth-order valence-electron chi connectivity index (χ4n) is 3.74. The zero-order valence-electron chi connectivity index (χ0n) is 18.5. The van der Waals surface area contributed by atoms with Gasteiger partial charge in [-0.25, -0.2) is 18.0 Å². The summed E-state index contributed by atoms with van der Waals surface area (Å²) in [4.78, 5) is 17.0. The third kappa shape index (κ3) is 7.92. The molecule has 1 N–H and O–H groups in total. The van der Waals surface area contributed by atoms with Gasteiger partial charge in [0.1, 0.15) is 11.6 Å². The molecular weight excluding hydrogens is 438 g/mol. The minimum absolute atomic E-state index is 0.0157. The van der Waals surface area contributed by atoms with Crippen LogP contribution in [0.15, 0.2) is 48.5 Å². The van der Waals surface area contributed by atoms with E-state index in [1.165, 1.54) is 24.3 Å². The van der Waals surface area contributed by atoms with Gasteiger partial charge < -0.3 is 19.9 Å². The monoisotopic (exact) mass is 467 g/mol. The topological polar surface area (TPSA) is 44.8 Å². The summed E-state index contributed by atoms with van der Waals surface area (Å²) in [6, 6.07) is 11.8. The number of amides is 2. The molecule has 2 amide bonds. The van der Waals surface area contributed by atoms with Gasteiger partial charge in [0, 0.05) is 19.6 Å². The molecule has 5 nitrogen and oxygen atoms in total. The van der Waals surface area contributed by atoms with E-state index in [1.807, 2.05) is 0 Å². The largest absolute Gasteiger partial charge is 0.454 e. The molecule has 0 aromatic heterocycles. The molecule has 2 aromatic rings. The van der Waals surface area contributed by atoms with E-state index in [9.17, 15) is 22.4 Å². The van der Waals surface area contributed by atoms with E-state index in [0.717, 1.165) is 31.5 Å². The van der Waals surface area contributed by atoms with Crippen molar-refractivity contribution in [3.8, 4) is 5.75 Å². The molecule has 0 spiro atoms. The standard InChI is InChI=1S/C24H29F4N3O2/c1-30-12-10-19(11-13-30)16-31(15-18-2-6-20(25)7-3-18)24(32)29-14-17-4-8-21(9-5-17)33-23(28)22(26)27/h2-9,19,22-23H,10-16H2,1H3,(H,29,32). The van der Waals surface area contributed by atoms with Gasteiger partial charge in [0.25, 0.3) is 6.36 Å². The highest BCUT2D eigenvalue weighted by atomic mass is 19.3. The minimum Gasteiger partial charge on any atom is -0.454 e. The van der Waals surface area contributed by atoms with Gasteiger partial charge in [-0.2, -0.15) is 4.39 Å². The summed E-state index contributed by atoms with van der Waals surface area (Å²) in [5.41, 5.74) is 1.55. The van der Waals surface area contributed by atoms with Crippen molar-refractivity contribution < 1.29 is 27.1 Å². The molecule has 1 aliphatic heterocycles. The average Bonchev–Trinajstić information content (AvgIpc) is 2.80. The second-order valence-corrected chi connectivity index (χ2v) is 8.36. The highest BCUT2D eigenvalue weighted by Gasteiger charge is 2.23. The number of urea groups is 1. The first-order chi connectivity index (χ1) is 15.8. The normalized spacial score (nSPS) is 15.9. The van der Waals surface area contributed by atoms with Crippen molar-refractivity contribution in [3.63, 3.8) is 0 Å². The molecule has 1 unspecified atom stereocenters. The number of halogens is 4. The van der Waals surface area contributed by atoms with Crippen molar-refractivity contribution in [2.45, 2.75) is 38.7 Å². The highest BCUT2D eigenvalue weighted by molar-refractivity contribution is 5.74. The molecule has 3 rings (SSSR count). The fraction of sp³-hybridized carbons (Fsp3) is 0.458.